The molecule has 0 N–H and O–H groups in total. The molecule has 0 aliphatic carbocycles. The highest BCUT2D eigenvalue weighted by Crippen LogP contribution is 2.28. The number of hydrogen-bond donors (Lipinski definition) is 0. The fourth-order valence-corrected chi connectivity index (χ4v) is 4.46. The van der Waals surface area contributed by atoms with Crippen molar-refractivity contribution in [3.8, 4) is 11.3 Å². The Kier molecular flexibility index (Phi) is 4.25. The van der Waals surface area contributed by atoms with E-state index in [1.807, 2.05) is 25.1 Å². The summed E-state index contributed by atoms with van der Waals surface area (Å²) in [4.78, 5) is 6.35. The second kappa shape index (κ2) is 6.02. The molecule has 1 aromatic heterocycles. The lowest BCUT2D eigenvalue weighted by molar-refractivity contribution is 0.198. The zero-order chi connectivity index (χ0) is 15.7. The van der Waals surface area contributed by atoms with E-state index in [0.717, 1.165) is 5.56 Å². The van der Waals surface area contributed by atoms with Crippen LogP contribution in [-0.4, -0.2) is 42.4 Å². The molecular weight excluding hydrogens is 324 g/mol. The summed E-state index contributed by atoms with van der Waals surface area (Å²) in [7, 11) is -2.91. The maximum Gasteiger partial charge on any atom is 0.209 e. The van der Waals surface area contributed by atoms with Crippen molar-refractivity contribution >= 4 is 21.4 Å². The molecule has 0 radical (unpaired) electrons. The minimum Gasteiger partial charge on any atom is -0.439 e. The van der Waals surface area contributed by atoms with Crippen LogP contribution in [0.3, 0.4) is 0 Å². The van der Waals surface area contributed by atoms with Crippen LogP contribution in [0.15, 0.2) is 34.9 Å². The highest BCUT2D eigenvalue weighted by molar-refractivity contribution is 7.91. The third-order valence-corrected chi connectivity index (χ3v) is 5.96. The molecule has 1 atom stereocenters. The Labute approximate surface area is 134 Å². The Hall–Kier alpha value is -1.37. The lowest BCUT2D eigenvalue weighted by atomic mass is 10.2. The Morgan fingerprint density at radius 3 is 2.91 bits per heavy atom. The Morgan fingerprint density at radius 1 is 1.41 bits per heavy atom. The molecule has 22 heavy (non-hydrogen) atoms. The molecule has 1 saturated heterocycles. The number of benzene rings is 1. The van der Waals surface area contributed by atoms with Gasteiger partial charge in [-0.1, -0.05) is 23.7 Å². The molecule has 5 nitrogen and oxygen atoms in total. The van der Waals surface area contributed by atoms with Crippen LogP contribution in [0.4, 0.5) is 0 Å². The molecule has 0 bridgehead atoms. The summed E-state index contributed by atoms with van der Waals surface area (Å²) in [6.07, 6.45) is 1.65. The van der Waals surface area contributed by atoms with Crippen molar-refractivity contribution in [3.05, 3.63) is 41.4 Å². The fourth-order valence-electron chi connectivity index (χ4n) is 2.61. The molecule has 0 spiro atoms. The normalized spacial score (nSPS) is 21.8. The first-order chi connectivity index (χ1) is 10.4. The average Bonchev–Trinajstić information content (AvgIpc) is 2.90. The summed E-state index contributed by atoms with van der Waals surface area (Å²) in [6, 6.07) is 7.40. The molecule has 2 heterocycles. The summed E-state index contributed by atoms with van der Waals surface area (Å²) >= 11 is 6.15. The van der Waals surface area contributed by atoms with Crippen LogP contribution in [-0.2, 0) is 16.4 Å². The van der Waals surface area contributed by atoms with E-state index < -0.39 is 9.84 Å². The van der Waals surface area contributed by atoms with Crippen LogP contribution < -0.4 is 0 Å². The first-order valence-corrected chi connectivity index (χ1v) is 9.28. The molecule has 118 valence electrons. The van der Waals surface area contributed by atoms with Crippen molar-refractivity contribution in [2.45, 2.75) is 19.5 Å². The second-order valence-corrected chi connectivity index (χ2v) is 8.17. The zero-order valence-corrected chi connectivity index (χ0v) is 13.8. The van der Waals surface area contributed by atoms with Gasteiger partial charge in [-0.2, -0.15) is 0 Å². The number of hydrogen-bond acceptors (Lipinski definition) is 5. The third kappa shape index (κ3) is 3.34. The Morgan fingerprint density at radius 2 is 2.18 bits per heavy atom. The van der Waals surface area contributed by atoms with Crippen molar-refractivity contribution in [3.63, 3.8) is 0 Å². The summed E-state index contributed by atoms with van der Waals surface area (Å²) in [5.74, 6) is 1.57. The fraction of sp³-hybridized carbons (Fsp3) is 0.400. The molecule has 7 heteroatoms. The van der Waals surface area contributed by atoms with Gasteiger partial charge in [0.05, 0.1) is 29.3 Å². The van der Waals surface area contributed by atoms with E-state index in [9.17, 15) is 8.42 Å². The number of nitrogens with zero attached hydrogens (tertiary/aromatic N) is 2. The minimum atomic E-state index is -2.91. The zero-order valence-electron chi connectivity index (χ0n) is 12.2. The standard InChI is InChI=1S/C15H17ClN2O3S/c1-11-10-22(19,20)7-6-18(11)9-15-17-8-14(21-15)12-4-2-3-5-13(12)16/h2-5,8,11H,6-7,9-10H2,1H3/t11-/m1/s1. The van der Waals surface area contributed by atoms with Gasteiger partial charge in [-0.15, -0.1) is 0 Å². The highest BCUT2D eigenvalue weighted by atomic mass is 35.5. The van der Waals surface area contributed by atoms with Gasteiger partial charge in [0, 0.05) is 18.2 Å². The van der Waals surface area contributed by atoms with Crippen molar-refractivity contribution in [1.82, 2.24) is 9.88 Å². The highest BCUT2D eigenvalue weighted by Gasteiger charge is 2.29. The van der Waals surface area contributed by atoms with Gasteiger partial charge in [-0.3, -0.25) is 4.90 Å². The van der Waals surface area contributed by atoms with Crippen LogP contribution in [0.2, 0.25) is 5.02 Å². The van der Waals surface area contributed by atoms with Gasteiger partial charge >= 0.3 is 0 Å². The van der Waals surface area contributed by atoms with Gasteiger partial charge < -0.3 is 4.42 Å². The van der Waals surface area contributed by atoms with Crippen LogP contribution >= 0.6 is 11.6 Å². The van der Waals surface area contributed by atoms with Gasteiger partial charge in [0.25, 0.3) is 0 Å². The summed E-state index contributed by atoms with van der Waals surface area (Å²) in [6.45, 7) is 2.92. The molecule has 2 aromatic rings. The van der Waals surface area contributed by atoms with Gasteiger partial charge in [0.15, 0.2) is 15.6 Å². The van der Waals surface area contributed by atoms with E-state index in [-0.39, 0.29) is 17.5 Å². The van der Waals surface area contributed by atoms with Gasteiger partial charge in [0.2, 0.25) is 5.89 Å². The molecule has 0 amide bonds. The van der Waals surface area contributed by atoms with Gasteiger partial charge in [-0.25, -0.2) is 13.4 Å². The Balaban J connectivity index is 1.74. The predicted octanol–water partition coefficient (Wildman–Crippen LogP) is 2.61. The molecule has 3 rings (SSSR count). The van der Waals surface area contributed by atoms with Crippen LogP contribution in [0, 0.1) is 0 Å². The van der Waals surface area contributed by atoms with E-state index in [1.54, 1.807) is 12.3 Å². The van der Waals surface area contributed by atoms with Crippen molar-refractivity contribution in [1.29, 1.82) is 0 Å². The lowest BCUT2D eigenvalue weighted by Crippen LogP contribution is -2.46. The van der Waals surface area contributed by atoms with Crippen LogP contribution in [0.1, 0.15) is 12.8 Å². The molecule has 0 saturated carbocycles. The first kappa shape index (κ1) is 15.5. The van der Waals surface area contributed by atoms with Crippen LogP contribution in [0.25, 0.3) is 11.3 Å². The smallest absolute Gasteiger partial charge is 0.209 e. The van der Waals surface area contributed by atoms with Gasteiger partial charge in [0.1, 0.15) is 0 Å². The largest absolute Gasteiger partial charge is 0.439 e. The quantitative estimate of drug-likeness (QED) is 0.859. The maximum absolute atomic E-state index is 11.6. The monoisotopic (exact) mass is 340 g/mol. The molecule has 1 aliphatic heterocycles. The number of sulfone groups is 1. The predicted molar refractivity (Wildman–Crippen MR) is 85.5 cm³/mol. The van der Waals surface area contributed by atoms with E-state index in [4.69, 9.17) is 16.0 Å². The molecule has 1 fully saturated rings. The van der Waals surface area contributed by atoms with Crippen molar-refractivity contribution in [2.24, 2.45) is 0 Å². The summed E-state index contributed by atoms with van der Waals surface area (Å²) in [5, 5.41) is 0.614. The average molecular weight is 341 g/mol. The number of rotatable bonds is 3. The molecule has 0 unspecified atom stereocenters. The van der Waals surface area contributed by atoms with E-state index >= 15 is 0 Å². The lowest BCUT2D eigenvalue weighted by Gasteiger charge is -2.31. The number of oxazole rings is 1. The first-order valence-electron chi connectivity index (χ1n) is 7.09. The number of aromatic nitrogens is 1. The third-order valence-electron chi connectivity index (χ3n) is 3.84. The second-order valence-electron chi connectivity index (χ2n) is 5.53. The van der Waals surface area contributed by atoms with Gasteiger partial charge in [-0.05, 0) is 19.1 Å². The van der Waals surface area contributed by atoms with Crippen LogP contribution in [0.5, 0.6) is 0 Å². The van der Waals surface area contributed by atoms with Crippen molar-refractivity contribution in [2.75, 3.05) is 18.1 Å². The summed E-state index contributed by atoms with van der Waals surface area (Å²) in [5.41, 5.74) is 0.803. The molecule has 1 aromatic carbocycles. The van der Waals surface area contributed by atoms with E-state index in [1.165, 1.54) is 0 Å². The maximum atomic E-state index is 11.6. The molecular formula is C15H17ClN2O3S. The number of halogens is 1. The molecule has 1 aliphatic rings. The topological polar surface area (TPSA) is 63.4 Å². The van der Waals surface area contributed by atoms with E-state index in [2.05, 4.69) is 9.88 Å². The minimum absolute atomic E-state index is 0.0330. The Bertz CT molecular complexity index is 773. The SMILES string of the molecule is C[C@@H]1CS(=O)(=O)CCN1Cc1ncc(-c2ccccc2Cl)o1. The summed E-state index contributed by atoms with van der Waals surface area (Å²) < 4.78 is 29.0. The van der Waals surface area contributed by atoms with Crippen molar-refractivity contribution < 1.29 is 12.8 Å². The van der Waals surface area contributed by atoms with E-state index in [0.29, 0.717) is 29.8 Å².